The van der Waals surface area contributed by atoms with Gasteiger partial charge in [0, 0.05) is 0 Å². The minimum absolute atomic E-state index is 0.147. The number of hydrazone groups is 1. The highest BCUT2D eigenvalue weighted by molar-refractivity contribution is 7.89. The van der Waals surface area contributed by atoms with Crippen LogP contribution in [0.2, 0.25) is 0 Å². The van der Waals surface area contributed by atoms with E-state index in [1.54, 1.807) is 12.1 Å². The maximum Gasteiger partial charge on any atom is 0.276 e. The Morgan fingerprint density at radius 2 is 2.00 bits per heavy atom. The molecule has 2 rings (SSSR count). The molecule has 0 spiro atoms. The summed E-state index contributed by atoms with van der Waals surface area (Å²) in [5.41, 5.74) is 0.979. The molecule has 1 aromatic carbocycles. The Kier molecular flexibility index (Phi) is 4.20. The van der Waals surface area contributed by atoms with Crippen molar-refractivity contribution in [2.45, 2.75) is 11.8 Å². The molecule has 0 amide bonds. The second kappa shape index (κ2) is 6.06. The fourth-order valence-electron chi connectivity index (χ4n) is 1.26. The van der Waals surface area contributed by atoms with E-state index >= 15 is 0 Å². The normalized spacial score (nSPS) is 12.2. The highest BCUT2D eigenvalue weighted by Crippen LogP contribution is 2.09. The Bertz CT molecular complexity index is 704. The van der Waals surface area contributed by atoms with E-state index in [0.717, 1.165) is 5.56 Å². The number of nitrogens with one attached hydrogen (secondary N) is 1. The van der Waals surface area contributed by atoms with E-state index in [1.807, 2.05) is 6.92 Å². The number of hydrogen-bond donors (Lipinski definition) is 1. The van der Waals surface area contributed by atoms with Crippen LogP contribution in [0.4, 0.5) is 0 Å². The van der Waals surface area contributed by atoms with Crippen LogP contribution >= 0.6 is 0 Å². The van der Waals surface area contributed by atoms with Gasteiger partial charge in [-0.25, -0.2) is 4.83 Å². The molecule has 1 heterocycles. The number of rotatable bonds is 5. The van der Waals surface area contributed by atoms with Gasteiger partial charge in [-0.05, 0) is 24.3 Å². The maximum atomic E-state index is 11.8. The van der Waals surface area contributed by atoms with Gasteiger partial charge in [-0.2, -0.15) is 18.6 Å². The second-order valence-electron chi connectivity index (χ2n) is 3.77. The zero-order chi connectivity index (χ0) is 14.4. The van der Waals surface area contributed by atoms with E-state index in [0.29, 0.717) is 0 Å². The number of aryl methyl sites for hydroxylation is 1. The van der Waals surface area contributed by atoms with Crippen molar-refractivity contribution in [1.82, 2.24) is 19.9 Å². The Morgan fingerprint density at radius 1 is 1.25 bits per heavy atom. The van der Waals surface area contributed by atoms with Crippen molar-refractivity contribution < 1.29 is 8.42 Å². The summed E-state index contributed by atoms with van der Waals surface area (Å²) >= 11 is 0. The Labute approximate surface area is 115 Å². The molecule has 0 saturated heterocycles. The van der Waals surface area contributed by atoms with E-state index in [-0.39, 0.29) is 4.90 Å². The van der Waals surface area contributed by atoms with Gasteiger partial charge in [0.25, 0.3) is 10.0 Å². The van der Waals surface area contributed by atoms with Gasteiger partial charge >= 0.3 is 0 Å². The van der Waals surface area contributed by atoms with Crippen LogP contribution in [0.15, 0.2) is 51.8 Å². The lowest BCUT2D eigenvalue weighted by Gasteiger charge is -2.02. The van der Waals surface area contributed by atoms with Crippen molar-refractivity contribution in [3.63, 3.8) is 0 Å². The van der Waals surface area contributed by atoms with E-state index < -0.39 is 10.0 Å². The summed E-state index contributed by atoms with van der Waals surface area (Å²) in [6.07, 6.45) is 5.48. The van der Waals surface area contributed by atoms with Crippen molar-refractivity contribution in [2.24, 2.45) is 10.2 Å². The van der Waals surface area contributed by atoms with Crippen LogP contribution in [0.5, 0.6) is 0 Å². The van der Waals surface area contributed by atoms with Crippen LogP contribution in [0.3, 0.4) is 0 Å². The average molecular weight is 292 g/mol. The van der Waals surface area contributed by atoms with Gasteiger partial charge in [0.15, 0.2) is 0 Å². The molecule has 9 heteroatoms. The van der Waals surface area contributed by atoms with Crippen LogP contribution in [0.25, 0.3) is 0 Å². The third-order valence-corrected chi connectivity index (χ3v) is 3.48. The molecular formula is C11H12N6O2S. The summed E-state index contributed by atoms with van der Waals surface area (Å²) in [6, 6.07) is 6.45. The summed E-state index contributed by atoms with van der Waals surface area (Å²) in [5.74, 6) is 0. The first-order chi connectivity index (χ1) is 9.58. The summed E-state index contributed by atoms with van der Waals surface area (Å²) < 4.78 is 23.7. The third kappa shape index (κ3) is 3.72. The van der Waals surface area contributed by atoms with Gasteiger partial charge < -0.3 is 0 Å². The molecule has 0 saturated carbocycles. The fourth-order valence-corrected chi connectivity index (χ4v) is 2.06. The van der Waals surface area contributed by atoms with Gasteiger partial charge in [-0.3, -0.25) is 0 Å². The highest BCUT2D eigenvalue weighted by Gasteiger charge is 2.11. The predicted octanol–water partition coefficient (Wildman–Crippen LogP) is 0.385. The zero-order valence-electron chi connectivity index (χ0n) is 10.6. The molecule has 0 bridgehead atoms. The zero-order valence-corrected chi connectivity index (χ0v) is 11.4. The second-order valence-corrected chi connectivity index (χ2v) is 5.43. The molecule has 1 aromatic heterocycles. The first kappa shape index (κ1) is 13.9. The van der Waals surface area contributed by atoms with Crippen LogP contribution in [0, 0.1) is 6.92 Å². The Balaban J connectivity index is 1.97. The number of nitrogens with zero attached hydrogens (tertiary/aromatic N) is 5. The molecule has 20 heavy (non-hydrogen) atoms. The maximum absolute atomic E-state index is 11.8. The summed E-state index contributed by atoms with van der Waals surface area (Å²) in [6.45, 7) is 1.88. The van der Waals surface area contributed by atoms with Gasteiger partial charge in [-0.15, -0.1) is 9.89 Å². The molecule has 0 aliphatic carbocycles. The lowest BCUT2D eigenvalue weighted by atomic mass is 10.2. The first-order valence-corrected chi connectivity index (χ1v) is 7.07. The molecule has 0 fully saturated rings. The van der Waals surface area contributed by atoms with E-state index in [2.05, 4.69) is 25.3 Å². The molecule has 1 N–H and O–H groups in total. The molecule has 2 aromatic rings. The molecular weight excluding hydrogens is 280 g/mol. The first-order valence-electron chi connectivity index (χ1n) is 5.59. The summed E-state index contributed by atoms with van der Waals surface area (Å²) in [7, 11) is -3.66. The molecule has 104 valence electrons. The lowest BCUT2D eigenvalue weighted by molar-refractivity contribution is 0.584. The molecule has 0 atom stereocenters. The van der Waals surface area contributed by atoms with Crippen LogP contribution in [-0.2, 0) is 10.0 Å². The molecule has 0 radical (unpaired) electrons. The van der Waals surface area contributed by atoms with Gasteiger partial charge in [0.1, 0.15) is 0 Å². The van der Waals surface area contributed by atoms with E-state index in [4.69, 9.17) is 0 Å². The average Bonchev–Trinajstić information content (AvgIpc) is 2.92. The quantitative estimate of drug-likeness (QED) is 0.636. The van der Waals surface area contributed by atoms with Crippen LogP contribution < -0.4 is 4.83 Å². The van der Waals surface area contributed by atoms with Crippen molar-refractivity contribution in [3.8, 4) is 0 Å². The molecule has 0 aliphatic rings. The lowest BCUT2D eigenvalue weighted by Crippen LogP contribution is -2.18. The minimum Gasteiger partial charge on any atom is -0.200 e. The smallest absolute Gasteiger partial charge is 0.200 e. The molecule has 0 aliphatic heterocycles. The van der Waals surface area contributed by atoms with Crippen LogP contribution in [0.1, 0.15) is 5.56 Å². The summed E-state index contributed by atoms with van der Waals surface area (Å²) in [5, 5.41) is 14.5. The van der Waals surface area contributed by atoms with Gasteiger partial charge in [-0.1, -0.05) is 17.7 Å². The number of aromatic nitrogens is 3. The van der Waals surface area contributed by atoms with Gasteiger partial charge in [0.2, 0.25) is 0 Å². The van der Waals surface area contributed by atoms with Crippen molar-refractivity contribution >= 4 is 22.5 Å². The SMILES string of the molecule is Cc1ccc(S(=O)(=O)N/N=C/C=N/n2ccnn2)cc1. The Hall–Kier alpha value is -2.55. The third-order valence-electron chi connectivity index (χ3n) is 2.24. The number of hydrogen-bond acceptors (Lipinski definition) is 6. The Morgan fingerprint density at radius 3 is 2.65 bits per heavy atom. The standard InChI is InChI=1S/C11H12N6O2S/c1-10-2-4-11(5-3-10)20(18,19)16-13-6-7-14-17-9-8-12-15-17/h2-9,16H,1H3/b13-6+,14-7+. The van der Waals surface area contributed by atoms with Crippen molar-refractivity contribution in [3.05, 3.63) is 42.2 Å². The minimum atomic E-state index is -3.66. The topological polar surface area (TPSA) is 102 Å². The molecule has 8 nitrogen and oxygen atoms in total. The predicted molar refractivity (Wildman–Crippen MR) is 73.9 cm³/mol. The monoisotopic (exact) mass is 292 g/mol. The van der Waals surface area contributed by atoms with Gasteiger partial charge in [0.05, 0.1) is 29.7 Å². The van der Waals surface area contributed by atoms with E-state index in [9.17, 15) is 8.42 Å². The fraction of sp³-hybridized carbons (Fsp3) is 0.0909. The van der Waals surface area contributed by atoms with Crippen molar-refractivity contribution in [1.29, 1.82) is 0 Å². The number of sulfonamides is 1. The molecule has 0 unspecified atom stereocenters. The summed E-state index contributed by atoms with van der Waals surface area (Å²) in [4.78, 5) is 3.44. The van der Waals surface area contributed by atoms with Crippen LogP contribution in [-0.4, -0.2) is 35.9 Å². The largest absolute Gasteiger partial charge is 0.276 e. The van der Waals surface area contributed by atoms with Crippen molar-refractivity contribution in [2.75, 3.05) is 0 Å². The number of benzene rings is 1. The van der Waals surface area contributed by atoms with E-state index in [1.165, 1.54) is 41.7 Å². The highest BCUT2D eigenvalue weighted by atomic mass is 32.2.